The molecule has 0 aliphatic rings. The molecule has 0 saturated heterocycles. The molecule has 0 heterocycles. The topological polar surface area (TPSA) is 33.0 Å². The van der Waals surface area contributed by atoms with Crippen molar-refractivity contribution in [3.8, 4) is 11.8 Å². The van der Waals surface area contributed by atoms with Crippen molar-refractivity contribution in [1.82, 2.24) is 0 Å². The van der Waals surface area contributed by atoms with Crippen LogP contribution in [0.3, 0.4) is 0 Å². The van der Waals surface area contributed by atoms with Crippen molar-refractivity contribution in [1.29, 1.82) is 5.26 Å². The third kappa shape index (κ3) is 3.33. The van der Waals surface area contributed by atoms with Crippen LogP contribution in [-0.4, -0.2) is 0 Å². The summed E-state index contributed by atoms with van der Waals surface area (Å²) in [5.41, 5.74) is 2.58. The van der Waals surface area contributed by atoms with E-state index in [2.05, 4.69) is 22.0 Å². The van der Waals surface area contributed by atoms with Gasteiger partial charge in [-0.2, -0.15) is 5.26 Å². The van der Waals surface area contributed by atoms with Gasteiger partial charge in [0.25, 0.3) is 0 Å². The number of benzene rings is 2. The first-order valence-corrected chi connectivity index (χ1v) is 6.47. The maximum absolute atomic E-state index is 13.3. The standard InChI is InChI=1S/C15H11BrFNO/c1-10-6-11(8-18)2-3-12(10)9-19-13-4-5-14(16)15(17)7-13/h2-7H,9H2,1H3. The van der Waals surface area contributed by atoms with Crippen LogP contribution in [0.2, 0.25) is 0 Å². The number of nitriles is 1. The van der Waals surface area contributed by atoms with Crippen molar-refractivity contribution in [3.63, 3.8) is 0 Å². The number of ether oxygens (including phenoxy) is 1. The molecule has 0 bridgehead atoms. The Morgan fingerprint density at radius 1 is 1.26 bits per heavy atom. The molecule has 0 radical (unpaired) electrons. The predicted molar refractivity (Wildman–Crippen MR) is 74.3 cm³/mol. The van der Waals surface area contributed by atoms with E-state index in [4.69, 9.17) is 10.00 Å². The second kappa shape index (κ2) is 5.85. The summed E-state index contributed by atoms with van der Waals surface area (Å²) in [4.78, 5) is 0. The average Bonchev–Trinajstić information content (AvgIpc) is 2.41. The molecular weight excluding hydrogens is 309 g/mol. The number of hydrogen-bond acceptors (Lipinski definition) is 2. The summed E-state index contributed by atoms with van der Waals surface area (Å²) < 4.78 is 19.3. The molecule has 0 aliphatic carbocycles. The Balaban J connectivity index is 2.10. The van der Waals surface area contributed by atoms with Gasteiger partial charge < -0.3 is 4.74 Å². The zero-order valence-corrected chi connectivity index (χ0v) is 11.9. The SMILES string of the molecule is Cc1cc(C#N)ccc1COc1ccc(Br)c(F)c1. The van der Waals surface area contributed by atoms with Crippen molar-refractivity contribution in [3.05, 3.63) is 63.4 Å². The van der Waals surface area contributed by atoms with Crippen LogP contribution in [0.1, 0.15) is 16.7 Å². The maximum Gasteiger partial charge on any atom is 0.141 e. The van der Waals surface area contributed by atoms with Gasteiger partial charge in [-0.25, -0.2) is 4.39 Å². The third-order valence-corrected chi connectivity index (χ3v) is 3.40. The minimum atomic E-state index is -0.353. The Kier molecular flexibility index (Phi) is 4.18. The summed E-state index contributed by atoms with van der Waals surface area (Å²) in [6.07, 6.45) is 0. The quantitative estimate of drug-likeness (QED) is 0.842. The molecule has 2 nitrogen and oxygen atoms in total. The molecule has 0 aromatic heterocycles. The van der Waals surface area contributed by atoms with Crippen LogP contribution >= 0.6 is 15.9 Å². The molecule has 2 aromatic rings. The number of halogens is 2. The summed E-state index contributed by atoms with van der Waals surface area (Å²) >= 11 is 3.09. The molecule has 4 heteroatoms. The molecule has 0 amide bonds. The summed E-state index contributed by atoms with van der Waals surface area (Å²) in [5, 5.41) is 8.79. The Morgan fingerprint density at radius 2 is 2.05 bits per heavy atom. The van der Waals surface area contributed by atoms with Gasteiger partial charge in [-0.15, -0.1) is 0 Å². The summed E-state index contributed by atoms with van der Waals surface area (Å²) in [6.45, 7) is 2.26. The Labute approximate surface area is 119 Å². The van der Waals surface area contributed by atoms with Crippen LogP contribution in [0.5, 0.6) is 5.75 Å². The summed E-state index contributed by atoms with van der Waals surface area (Å²) in [5.74, 6) is 0.124. The van der Waals surface area contributed by atoms with Crippen molar-refractivity contribution < 1.29 is 9.13 Å². The smallest absolute Gasteiger partial charge is 0.141 e. The number of nitrogens with zero attached hydrogens (tertiary/aromatic N) is 1. The van der Waals surface area contributed by atoms with Crippen molar-refractivity contribution >= 4 is 15.9 Å². The fraction of sp³-hybridized carbons (Fsp3) is 0.133. The molecular formula is C15H11BrFNO. The van der Waals surface area contributed by atoms with E-state index in [1.54, 1.807) is 24.3 Å². The van der Waals surface area contributed by atoms with E-state index in [0.29, 0.717) is 22.4 Å². The van der Waals surface area contributed by atoms with Gasteiger partial charge in [0.15, 0.2) is 0 Å². The van der Waals surface area contributed by atoms with Crippen LogP contribution < -0.4 is 4.74 Å². The second-order valence-corrected chi connectivity index (χ2v) is 4.97. The van der Waals surface area contributed by atoms with E-state index < -0.39 is 0 Å². The summed E-state index contributed by atoms with van der Waals surface area (Å²) in [7, 11) is 0. The van der Waals surface area contributed by atoms with Gasteiger partial charge in [-0.1, -0.05) is 6.07 Å². The highest BCUT2D eigenvalue weighted by Crippen LogP contribution is 2.22. The lowest BCUT2D eigenvalue weighted by atomic mass is 10.1. The van der Waals surface area contributed by atoms with E-state index in [0.717, 1.165) is 11.1 Å². The zero-order chi connectivity index (χ0) is 13.8. The molecule has 0 saturated carbocycles. The van der Waals surface area contributed by atoms with Crippen LogP contribution in [-0.2, 0) is 6.61 Å². The summed E-state index contributed by atoms with van der Waals surface area (Å²) in [6, 6.07) is 12.1. The lowest BCUT2D eigenvalue weighted by Gasteiger charge is -2.09. The normalized spacial score (nSPS) is 10.0. The van der Waals surface area contributed by atoms with Crippen LogP contribution in [0.25, 0.3) is 0 Å². The first-order chi connectivity index (χ1) is 9.10. The first kappa shape index (κ1) is 13.6. The van der Waals surface area contributed by atoms with E-state index in [-0.39, 0.29) is 5.82 Å². The van der Waals surface area contributed by atoms with Crippen LogP contribution in [0.4, 0.5) is 4.39 Å². The molecule has 0 spiro atoms. The Morgan fingerprint density at radius 3 is 2.68 bits per heavy atom. The highest BCUT2D eigenvalue weighted by Gasteiger charge is 2.04. The average molecular weight is 320 g/mol. The highest BCUT2D eigenvalue weighted by atomic mass is 79.9. The Hall–Kier alpha value is -1.86. The lowest BCUT2D eigenvalue weighted by Crippen LogP contribution is -1.98. The number of aryl methyl sites for hydroxylation is 1. The van der Waals surface area contributed by atoms with Gasteiger partial charge in [-0.05, 0) is 58.2 Å². The third-order valence-electron chi connectivity index (χ3n) is 2.76. The molecule has 0 atom stereocenters. The molecule has 0 unspecified atom stereocenters. The van der Waals surface area contributed by atoms with E-state index in [9.17, 15) is 4.39 Å². The first-order valence-electron chi connectivity index (χ1n) is 5.67. The van der Waals surface area contributed by atoms with Crippen molar-refractivity contribution in [2.24, 2.45) is 0 Å². The van der Waals surface area contributed by atoms with Gasteiger partial charge in [0, 0.05) is 6.07 Å². The van der Waals surface area contributed by atoms with E-state index >= 15 is 0 Å². The lowest BCUT2D eigenvalue weighted by molar-refractivity contribution is 0.303. The van der Waals surface area contributed by atoms with Crippen molar-refractivity contribution in [2.45, 2.75) is 13.5 Å². The second-order valence-electron chi connectivity index (χ2n) is 4.12. The van der Waals surface area contributed by atoms with Gasteiger partial charge in [0.2, 0.25) is 0 Å². The highest BCUT2D eigenvalue weighted by molar-refractivity contribution is 9.10. The monoisotopic (exact) mass is 319 g/mol. The van der Waals surface area contributed by atoms with Gasteiger partial charge >= 0.3 is 0 Å². The van der Waals surface area contributed by atoms with Crippen molar-refractivity contribution in [2.75, 3.05) is 0 Å². The zero-order valence-electron chi connectivity index (χ0n) is 10.3. The molecule has 19 heavy (non-hydrogen) atoms. The minimum absolute atomic E-state index is 0.346. The van der Waals surface area contributed by atoms with Gasteiger partial charge in [0.1, 0.15) is 18.2 Å². The molecule has 0 N–H and O–H groups in total. The number of hydrogen-bond donors (Lipinski definition) is 0. The molecule has 2 aromatic carbocycles. The van der Waals surface area contributed by atoms with Crippen LogP contribution in [0, 0.1) is 24.1 Å². The Bertz CT molecular complexity index is 649. The van der Waals surface area contributed by atoms with E-state index in [1.165, 1.54) is 6.07 Å². The predicted octanol–water partition coefficient (Wildman–Crippen LogP) is 4.35. The largest absolute Gasteiger partial charge is 0.489 e. The number of rotatable bonds is 3. The maximum atomic E-state index is 13.3. The minimum Gasteiger partial charge on any atom is -0.489 e. The fourth-order valence-corrected chi connectivity index (χ4v) is 1.90. The van der Waals surface area contributed by atoms with E-state index in [1.807, 2.05) is 13.0 Å². The molecule has 2 rings (SSSR count). The van der Waals surface area contributed by atoms with Crippen LogP contribution in [0.15, 0.2) is 40.9 Å². The fourth-order valence-electron chi connectivity index (χ4n) is 1.66. The van der Waals surface area contributed by atoms with Gasteiger partial charge in [0.05, 0.1) is 16.1 Å². The molecule has 0 aliphatic heterocycles. The van der Waals surface area contributed by atoms with Gasteiger partial charge in [-0.3, -0.25) is 0 Å². The molecule has 0 fully saturated rings. The molecule has 96 valence electrons.